The van der Waals surface area contributed by atoms with E-state index in [1.807, 2.05) is 0 Å². The fraction of sp³-hybridized carbons (Fsp3) is 0.286. The Morgan fingerprint density at radius 2 is 2.00 bits per heavy atom. The van der Waals surface area contributed by atoms with Crippen LogP contribution in [-0.4, -0.2) is 41.6 Å². The van der Waals surface area contributed by atoms with Crippen molar-refractivity contribution >= 4 is 5.91 Å². The predicted molar refractivity (Wildman–Crippen MR) is 77.7 cm³/mol. The Kier molecular flexibility index (Phi) is 5.34. The first-order chi connectivity index (χ1) is 10.7. The molecule has 0 spiro atoms. The molecule has 22 heavy (non-hydrogen) atoms. The molecule has 0 saturated heterocycles. The van der Waals surface area contributed by atoms with Gasteiger partial charge in [-0.05, 0) is 12.1 Å². The van der Waals surface area contributed by atoms with Gasteiger partial charge in [0, 0.05) is 38.4 Å². The first-order valence-electron chi connectivity index (χ1n) is 6.46. The number of amides is 1. The van der Waals surface area contributed by atoms with E-state index in [-0.39, 0.29) is 19.0 Å². The minimum Gasteiger partial charge on any atom is -0.380 e. The Balaban J connectivity index is 2.50. The molecule has 0 radical (unpaired) electrons. The Hall–Kier alpha value is -2.58. The molecule has 2 heterocycles. The topological polar surface area (TPSA) is 95.3 Å². The number of nitrogens with zero attached hydrogens (tertiary/aromatic N) is 3. The summed E-state index contributed by atoms with van der Waals surface area (Å²) in [5.41, 5.74) is 0.314. The molecular formula is C14H16N4O4. The number of methoxy groups -OCH3 is 2. The summed E-state index contributed by atoms with van der Waals surface area (Å²) in [5, 5.41) is 6.54. The Labute approximate surface area is 126 Å². The molecule has 2 rings (SSSR count). The van der Waals surface area contributed by atoms with Crippen LogP contribution in [0.3, 0.4) is 0 Å². The number of pyridine rings is 1. The minimum absolute atomic E-state index is 0.0102. The summed E-state index contributed by atoms with van der Waals surface area (Å²) in [6, 6.07) is 3.43. The predicted octanol–water partition coefficient (Wildman–Crippen LogP) is 0.108. The highest BCUT2D eigenvalue weighted by molar-refractivity contribution is 5.92. The fourth-order valence-corrected chi connectivity index (χ4v) is 1.80. The van der Waals surface area contributed by atoms with Gasteiger partial charge in [0.1, 0.15) is 6.73 Å². The lowest BCUT2D eigenvalue weighted by Gasteiger charge is -2.10. The number of carbonyl (C=O) groups excluding carboxylic acids is 1. The van der Waals surface area contributed by atoms with E-state index >= 15 is 0 Å². The van der Waals surface area contributed by atoms with Crippen molar-refractivity contribution in [3.8, 4) is 5.69 Å². The molecule has 0 atom stereocenters. The van der Waals surface area contributed by atoms with Gasteiger partial charge in [-0.3, -0.25) is 14.6 Å². The van der Waals surface area contributed by atoms with Crippen LogP contribution in [0.25, 0.3) is 5.69 Å². The summed E-state index contributed by atoms with van der Waals surface area (Å²) in [6.07, 6.45) is 4.72. The van der Waals surface area contributed by atoms with E-state index in [4.69, 9.17) is 9.47 Å². The van der Waals surface area contributed by atoms with Gasteiger partial charge in [-0.15, -0.1) is 0 Å². The van der Waals surface area contributed by atoms with E-state index in [2.05, 4.69) is 15.4 Å². The van der Waals surface area contributed by atoms with Gasteiger partial charge in [-0.25, -0.2) is 4.68 Å². The Morgan fingerprint density at radius 1 is 1.27 bits per heavy atom. The quantitative estimate of drug-likeness (QED) is 0.761. The van der Waals surface area contributed by atoms with Crippen LogP contribution in [0.5, 0.6) is 0 Å². The SMILES string of the molecule is COCNC(=O)c1nn(-c2ccncc2)cc(COC)c1=O. The number of hydrogen-bond donors (Lipinski definition) is 1. The molecule has 0 unspecified atom stereocenters. The number of ether oxygens (including phenoxy) is 2. The highest BCUT2D eigenvalue weighted by Crippen LogP contribution is 2.05. The van der Waals surface area contributed by atoms with E-state index in [1.165, 1.54) is 25.1 Å². The molecule has 2 aromatic heterocycles. The highest BCUT2D eigenvalue weighted by atomic mass is 16.5. The number of nitrogens with one attached hydrogen (secondary N) is 1. The van der Waals surface area contributed by atoms with Crippen molar-refractivity contribution in [3.63, 3.8) is 0 Å². The average molecular weight is 304 g/mol. The van der Waals surface area contributed by atoms with Crippen LogP contribution >= 0.6 is 0 Å². The third-order valence-electron chi connectivity index (χ3n) is 2.81. The van der Waals surface area contributed by atoms with E-state index in [1.54, 1.807) is 24.5 Å². The molecule has 116 valence electrons. The lowest BCUT2D eigenvalue weighted by molar-refractivity contribution is 0.0863. The third-order valence-corrected chi connectivity index (χ3v) is 2.81. The van der Waals surface area contributed by atoms with Crippen LogP contribution in [-0.2, 0) is 16.1 Å². The van der Waals surface area contributed by atoms with Gasteiger partial charge in [0.15, 0.2) is 5.69 Å². The van der Waals surface area contributed by atoms with Crippen LogP contribution < -0.4 is 10.7 Å². The van der Waals surface area contributed by atoms with Crippen molar-refractivity contribution in [1.82, 2.24) is 20.1 Å². The number of hydrogen-bond acceptors (Lipinski definition) is 6. The Morgan fingerprint density at radius 3 is 2.64 bits per heavy atom. The summed E-state index contributed by atoms with van der Waals surface area (Å²) in [5.74, 6) is -0.604. The molecule has 0 aliphatic rings. The summed E-state index contributed by atoms with van der Waals surface area (Å²) in [7, 11) is 2.91. The van der Waals surface area contributed by atoms with Crippen molar-refractivity contribution in [2.45, 2.75) is 6.61 Å². The second kappa shape index (κ2) is 7.43. The molecular weight excluding hydrogens is 288 g/mol. The smallest absolute Gasteiger partial charge is 0.277 e. The summed E-state index contributed by atoms with van der Waals surface area (Å²) in [4.78, 5) is 28.2. The molecule has 0 aliphatic carbocycles. The maximum Gasteiger partial charge on any atom is 0.277 e. The normalized spacial score (nSPS) is 10.5. The zero-order chi connectivity index (χ0) is 15.9. The van der Waals surface area contributed by atoms with Gasteiger partial charge in [-0.1, -0.05) is 0 Å². The molecule has 1 amide bonds. The summed E-state index contributed by atoms with van der Waals surface area (Å²) in [6.45, 7) is 0.0701. The molecule has 1 N–H and O–H groups in total. The lowest BCUT2D eigenvalue weighted by Crippen LogP contribution is -2.34. The largest absolute Gasteiger partial charge is 0.380 e. The molecule has 0 bridgehead atoms. The monoisotopic (exact) mass is 304 g/mol. The molecule has 0 aromatic carbocycles. The van der Waals surface area contributed by atoms with Gasteiger partial charge >= 0.3 is 0 Å². The molecule has 2 aromatic rings. The maximum absolute atomic E-state index is 12.3. The van der Waals surface area contributed by atoms with Gasteiger partial charge in [0.05, 0.1) is 12.3 Å². The van der Waals surface area contributed by atoms with Gasteiger partial charge in [0.2, 0.25) is 5.43 Å². The number of rotatable bonds is 6. The van der Waals surface area contributed by atoms with E-state index in [0.29, 0.717) is 11.3 Å². The van der Waals surface area contributed by atoms with Gasteiger partial charge in [-0.2, -0.15) is 5.10 Å². The molecule has 0 saturated carbocycles. The first-order valence-corrected chi connectivity index (χ1v) is 6.46. The maximum atomic E-state index is 12.3. The van der Waals surface area contributed by atoms with Crippen LogP contribution in [0.15, 0.2) is 35.5 Å². The zero-order valence-corrected chi connectivity index (χ0v) is 12.3. The van der Waals surface area contributed by atoms with Crippen LogP contribution in [0, 0.1) is 0 Å². The lowest BCUT2D eigenvalue weighted by atomic mass is 10.2. The van der Waals surface area contributed by atoms with Crippen molar-refractivity contribution < 1.29 is 14.3 Å². The van der Waals surface area contributed by atoms with Crippen LogP contribution in [0.1, 0.15) is 16.1 Å². The number of carbonyl (C=O) groups is 1. The molecule has 8 heteroatoms. The van der Waals surface area contributed by atoms with Gasteiger partial charge < -0.3 is 14.8 Å². The zero-order valence-electron chi connectivity index (χ0n) is 12.3. The van der Waals surface area contributed by atoms with E-state index in [0.717, 1.165) is 0 Å². The fourth-order valence-electron chi connectivity index (χ4n) is 1.80. The second-order valence-electron chi connectivity index (χ2n) is 4.35. The minimum atomic E-state index is -0.604. The van der Waals surface area contributed by atoms with Crippen molar-refractivity contribution in [1.29, 1.82) is 0 Å². The van der Waals surface area contributed by atoms with E-state index < -0.39 is 11.3 Å². The summed E-state index contributed by atoms with van der Waals surface area (Å²) < 4.78 is 11.2. The molecule has 0 fully saturated rings. The standard InChI is InChI=1S/C14H16N4O4/c1-21-8-10-7-18(11-3-5-15-6-4-11)17-12(13(10)19)14(20)16-9-22-2/h3-7H,8-9H2,1-2H3,(H,16,20). The average Bonchev–Trinajstić information content (AvgIpc) is 2.55. The summed E-state index contributed by atoms with van der Waals surface area (Å²) >= 11 is 0. The van der Waals surface area contributed by atoms with Gasteiger partial charge in [0.25, 0.3) is 5.91 Å². The first kappa shape index (κ1) is 15.8. The molecule has 8 nitrogen and oxygen atoms in total. The second-order valence-corrected chi connectivity index (χ2v) is 4.35. The molecule has 0 aliphatic heterocycles. The highest BCUT2D eigenvalue weighted by Gasteiger charge is 2.17. The van der Waals surface area contributed by atoms with Crippen LogP contribution in [0.4, 0.5) is 0 Å². The van der Waals surface area contributed by atoms with Crippen molar-refractivity contribution in [2.75, 3.05) is 21.0 Å². The van der Waals surface area contributed by atoms with Crippen molar-refractivity contribution in [3.05, 3.63) is 52.2 Å². The number of aromatic nitrogens is 3. The van der Waals surface area contributed by atoms with E-state index in [9.17, 15) is 9.59 Å². The third kappa shape index (κ3) is 3.54. The Bertz CT molecular complexity index is 700. The van der Waals surface area contributed by atoms with Crippen molar-refractivity contribution in [2.24, 2.45) is 0 Å². The van der Waals surface area contributed by atoms with Crippen LogP contribution in [0.2, 0.25) is 0 Å².